The van der Waals surface area contributed by atoms with Crippen molar-refractivity contribution in [3.8, 4) is 0 Å². The molecule has 2 fully saturated rings. The van der Waals surface area contributed by atoms with Gasteiger partial charge in [-0.1, -0.05) is 0 Å². The molecule has 0 spiro atoms. The van der Waals surface area contributed by atoms with Gasteiger partial charge in [-0.15, -0.1) is 22.7 Å². The Morgan fingerprint density at radius 1 is 0.727 bits per heavy atom. The standard InChI is InChI=1S/C16H16O4S2/c1-7(17)11(13(19)9-3-4-9)15-21-16(22-15)12(8(2)18)14(20)10-5-6-10/h9-10H,3-6H2,1-2H3. The molecule has 0 radical (unpaired) electrons. The van der Waals surface area contributed by atoms with Crippen LogP contribution in [0.1, 0.15) is 39.5 Å². The van der Waals surface area contributed by atoms with Crippen molar-refractivity contribution in [1.29, 1.82) is 0 Å². The van der Waals surface area contributed by atoms with E-state index >= 15 is 0 Å². The van der Waals surface area contributed by atoms with E-state index in [-0.39, 0.29) is 46.1 Å². The van der Waals surface area contributed by atoms with Crippen LogP contribution in [0.3, 0.4) is 0 Å². The summed E-state index contributed by atoms with van der Waals surface area (Å²) < 4.78 is 1.28. The Kier molecular flexibility index (Phi) is 3.99. The summed E-state index contributed by atoms with van der Waals surface area (Å²) >= 11 is 2.46. The molecule has 22 heavy (non-hydrogen) atoms. The summed E-state index contributed by atoms with van der Waals surface area (Å²) in [4.78, 5) is 47.9. The van der Waals surface area contributed by atoms with Gasteiger partial charge in [0.15, 0.2) is 23.1 Å². The smallest absolute Gasteiger partial charge is 0.171 e. The molecule has 6 heteroatoms. The highest BCUT2D eigenvalue weighted by molar-refractivity contribution is 7.36. The minimum absolute atomic E-state index is 0.0130. The molecule has 0 amide bonds. The third-order valence-corrected chi connectivity index (χ3v) is 6.43. The maximum Gasteiger partial charge on any atom is 0.171 e. The van der Waals surface area contributed by atoms with Crippen LogP contribution in [0.15, 0.2) is 0 Å². The van der Waals surface area contributed by atoms with Crippen molar-refractivity contribution in [2.45, 2.75) is 39.5 Å². The lowest BCUT2D eigenvalue weighted by atomic mass is 10.1. The van der Waals surface area contributed by atoms with Gasteiger partial charge in [0.2, 0.25) is 0 Å². The molecular weight excluding hydrogens is 320 g/mol. The molecule has 0 N–H and O–H groups in total. The number of carbonyl (C=O) groups is 4. The van der Waals surface area contributed by atoms with Crippen LogP contribution in [0.4, 0.5) is 0 Å². The minimum atomic E-state index is -0.233. The van der Waals surface area contributed by atoms with Crippen molar-refractivity contribution in [2.24, 2.45) is 11.8 Å². The number of hydrogen-bond acceptors (Lipinski definition) is 6. The van der Waals surface area contributed by atoms with E-state index in [4.69, 9.17) is 0 Å². The van der Waals surface area contributed by atoms with Gasteiger partial charge < -0.3 is 0 Å². The molecule has 0 bridgehead atoms. The minimum Gasteiger partial charge on any atom is -0.294 e. The van der Waals surface area contributed by atoms with Gasteiger partial charge in [-0.25, -0.2) is 0 Å². The molecule has 2 aliphatic carbocycles. The van der Waals surface area contributed by atoms with Crippen LogP contribution in [0.5, 0.6) is 0 Å². The molecule has 116 valence electrons. The summed E-state index contributed by atoms with van der Waals surface area (Å²) in [5, 5.41) is 0. The first-order chi connectivity index (χ1) is 10.4. The molecule has 1 heterocycles. The quantitative estimate of drug-likeness (QED) is 0.733. The molecular formula is C16H16O4S2. The van der Waals surface area contributed by atoms with E-state index in [2.05, 4.69) is 0 Å². The Morgan fingerprint density at radius 2 is 1.05 bits per heavy atom. The van der Waals surface area contributed by atoms with Crippen LogP contribution in [0, 0.1) is 11.8 Å². The van der Waals surface area contributed by atoms with Crippen molar-refractivity contribution < 1.29 is 19.2 Å². The van der Waals surface area contributed by atoms with E-state index in [1.165, 1.54) is 36.5 Å². The van der Waals surface area contributed by atoms with Crippen molar-refractivity contribution in [2.75, 3.05) is 0 Å². The Bertz CT molecular complexity index is 718. The SMILES string of the molecule is CC(=O)C(C(=O)C1CC1)=c1sc(=C(C(C)=O)C(=O)C2CC2)s1. The molecule has 2 saturated carbocycles. The second kappa shape index (κ2) is 5.66. The summed E-state index contributed by atoms with van der Waals surface area (Å²) in [6, 6.07) is 0. The van der Waals surface area contributed by atoms with Crippen LogP contribution in [-0.2, 0) is 19.2 Å². The first-order valence-corrected chi connectivity index (χ1v) is 8.98. The number of rotatable bonds is 6. The maximum absolute atomic E-state index is 12.2. The number of hydrogen-bond donors (Lipinski definition) is 0. The maximum atomic E-state index is 12.2. The second-order valence-corrected chi connectivity index (χ2v) is 8.48. The molecule has 1 aromatic rings. The zero-order chi connectivity index (χ0) is 16.0. The summed E-state index contributed by atoms with van der Waals surface area (Å²) in [5.41, 5.74) is 0.506. The highest BCUT2D eigenvalue weighted by Crippen LogP contribution is 2.34. The Hall–Kier alpha value is -1.40. The van der Waals surface area contributed by atoms with Crippen LogP contribution in [0.2, 0.25) is 0 Å². The summed E-state index contributed by atoms with van der Waals surface area (Å²) in [5.74, 6) is -0.659. The van der Waals surface area contributed by atoms with E-state index < -0.39 is 0 Å². The summed E-state index contributed by atoms with van der Waals surface area (Å²) in [6.45, 7) is 2.79. The zero-order valence-electron chi connectivity index (χ0n) is 12.4. The molecule has 4 nitrogen and oxygen atoms in total. The van der Waals surface area contributed by atoms with Gasteiger partial charge in [0.05, 0.1) is 18.8 Å². The lowest BCUT2D eigenvalue weighted by Gasteiger charge is -2.05. The summed E-state index contributed by atoms with van der Waals surface area (Å²) in [7, 11) is 0. The lowest BCUT2D eigenvalue weighted by Crippen LogP contribution is -2.27. The molecule has 0 aliphatic heterocycles. The van der Waals surface area contributed by atoms with Crippen LogP contribution < -0.4 is 7.69 Å². The fraction of sp³-hybridized carbons (Fsp3) is 0.500. The fourth-order valence-electron chi connectivity index (χ4n) is 2.32. The second-order valence-electron chi connectivity index (χ2n) is 5.92. The van der Waals surface area contributed by atoms with Gasteiger partial charge in [0, 0.05) is 11.8 Å². The van der Waals surface area contributed by atoms with Gasteiger partial charge >= 0.3 is 0 Å². The predicted molar refractivity (Wildman–Crippen MR) is 85.1 cm³/mol. The van der Waals surface area contributed by atoms with Crippen LogP contribution >= 0.6 is 22.7 Å². The normalized spacial score (nSPS) is 17.2. The van der Waals surface area contributed by atoms with E-state index in [9.17, 15) is 19.2 Å². The first kappa shape index (κ1) is 15.5. The van der Waals surface area contributed by atoms with Gasteiger partial charge in [-0.05, 0) is 39.5 Å². The van der Waals surface area contributed by atoms with Crippen LogP contribution in [-0.4, -0.2) is 23.1 Å². The van der Waals surface area contributed by atoms with E-state index in [1.54, 1.807) is 0 Å². The molecule has 1 aromatic heterocycles. The van der Waals surface area contributed by atoms with Crippen molar-refractivity contribution in [3.63, 3.8) is 0 Å². The molecule has 0 aromatic carbocycles. The first-order valence-electron chi connectivity index (χ1n) is 7.34. The van der Waals surface area contributed by atoms with E-state index in [1.807, 2.05) is 0 Å². The topological polar surface area (TPSA) is 68.3 Å². The van der Waals surface area contributed by atoms with Crippen molar-refractivity contribution in [1.82, 2.24) is 0 Å². The molecule has 0 atom stereocenters. The Balaban J connectivity index is 2.06. The highest BCUT2D eigenvalue weighted by Gasteiger charge is 2.36. The average Bonchev–Trinajstić information content (AvgIpc) is 3.27. The third-order valence-electron chi connectivity index (χ3n) is 3.87. The highest BCUT2D eigenvalue weighted by atomic mass is 32.2. The number of ketones is 4. The third kappa shape index (κ3) is 2.90. The largest absolute Gasteiger partial charge is 0.294 e. The Morgan fingerprint density at radius 3 is 1.27 bits per heavy atom. The van der Waals surface area contributed by atoms with Gasteiger partial charge in [-0.3, -0.25) is 19.2 Å². The van der Waals surface area contributed by atoms with Gasteiger partial charge in [-0.2, -0.15) is 0 Å². The van der Waals surface area contributed by atoms with E-state index in [0.717, 1.165) is 25.7 Å². The lowest BCUT2D eigenvalue weighted by molar-refractivity contribution is -0.119. The Labute approximate surface area is 135 Å². The van der Waals surface area contributed by atoms with Gasteiger partial charge in [0.25, 0.3) is 0 Å². The number of Topliss-reactive ketones (excluding diaryl/α,β-unsaturated/α-hetero) is 4. The monoisotopic (exact) mass is 336 g/mol. The average molecular weight is 336 g/mol. The van der Waals surface area contributed by atoms with Gasteiger partial charge in [0.1, 0.15) is 0 Å². The predicted octanol–water partition coefficient (Wildman–Crippen LogP) is 1.25. The molecule has 3 rings (SSSR count). The summed E-state index contributed by atoms with van der Waals surface area (Å²) in [6.07, 6.45) is 3.39. The number of carbonyl (C=O) groups excluding carboxylic acids is 4. The van der Waals surface area contributed by atoms with Crippen molar-refractivity contribution in [3.05, 3.63) is 7.69 Å². The zero-order valence-corrected chi connectivity index (χ0v) is 14.1. The van der Waals surface area contributed by atoms with Crippen LogP contribution in [0.25, 0.3) is 11.1 Å². The van der Waals surface area contributed by atoms with E-state index in [0.29, 0.717) is 7.69 Å². The molecule has 0 saturated heterocycles. The molecule has 2 aliphatic rings. The molecule has 0 unspecified atom stereocenters. The fourth-order valence-corrected chi connectivity index (χ4v) is 4.80. The van der Waals surface area contributed by atoms with Crippen molar-refractivity contribution >= 4 is 57.0 Å².